The van der Waals surface area contributed by atoms with Crippen LogP contribution in [0.3, 0.4) is 0 Å². The molecule has 0 aliphatic rings. The molecule has 6 nitrogen and oxygen atoms in total. The molecule has 0 spiro atoms. The van der Waals surface area contributed by atoms with E-state index in [4.69, 9.17) is 0 Å². The van der Waals surface area contributed by atoms with Crippen LogP contribution in [0.15, 0.2) is 27.8 Å². The first-order chi connectivity index (χ1) is 14.8. The van der Waals surface area contributed by atoms with Gasteiger partial charge in [-0.15, -0.1) is 0 Å². The van der Waals surface area contributed by atoms with E-state index in [0.717, 1.165) is 10.6 Å². The van der Waals surface area contributed by atoms with Gasteiger partial charge in [0.2, 0.25) is 0 Å². The largest absolute Gasteiger partial charge is 0.416 e. The lowest BCUT2D eigenvalue weighted by atomic mass is 10.0. The van der Waals surface area contributed by atoms with E-state index in [0.29, 0.717) is 12.1 Å². The summed E-state index contributed by atoms with van der Waals surface area (Å²) in [7, 11) is 1.47. The van der Waals surface area contributed by atoms with Gasteiger partial charge in [-0.25, -0.2) is 9.78 Å². The van der Waals surface area contributed by atoms with Gasteiger partial charge in [0.1, 0.15) is 5.82 Å². The molecule has 0 atom stereocenters. The van der Waals surface area contributed by atoms with Gasteiger partial charge in [-0.2, -0.15) is 26.3 Å². The molecule has 0 saturated carbocycles. The second kappa shape index (κ2) is 7.99. The van der Waals surface area contributed by atoms with Crippen molar-refractivity contribution < 1.29 is 26.3 Å². The molecular formula is C20H18F6N4O2. The predicted octanol–water partition coefficient (Wildman–Crippen LogP) is 4.14. The Labute approximate surface area is 177 Å². The summed E-state index contributed by atoms with van der Waals surface area (Å²) in [4.78, 5) is 29.4. The number of hydrogen-bond donors (Lipinski definition) is 0. The third-order valence-electron chi connectivity index (χ3n) is 4.94. The van der Waals surface area contributed by atoms with Gasteiger partial charge < -0.3 is 4.57 Å². The van der Waals surface area contributed by atoms with Crippen molar-refractivity contribution in [2.45, 2.75) is 39.3 Å². The number of imidazole rings is 1. The minimum atomic E-state index is -4.97. The van der Waals surface area contributed by atoms with Crippen molar-refractivity contribution >= 4 is 23.3 Å². The van der Waals surface area contributed by atoms with Crippen molar-refractivity contribution in [2.75, 3.05) is 0 Å². The van der Waals surface area contributed by atoms with E-state index in [1.54, 1.807) is 13.8 Å². The number of benzene rings is 1. The summed E-state index contributed by atoms with van der Waals surface area (Å²) in [6.45, 7) is 3.63. The first-order valence-corrected chi connectivity index (χ1v) is 9.47. The third-order valence-corrected chi connectivity index (χ3v) is 4.94. The molecule has 0 unspecified atom stereocenters. The Morgan fingerprint density at radius 1 is 0.875 bits per heavy atom. The second-order valence-electron chi connectivity index (χ2n) is 6.95. The van der Waals surface area contributed by atoms with Crippen LogP contribution >= 0.6 is 0 Å². The number of rotatable bonds is 4. The Morgan fingerprint density at radius 3 is 1.88 bits per heavy atom. The highest BCUT2D eigenvalue weighted by molar-refractivity contribution is 5.76. The van der Waals surface area contributed by atoms with Crippen LogP contribution in [0, 0.1) is 0 Å². The molecule has 0 aliphatic carbocycles. The van der Waals surface area contributed by atoms with Crippen molar-refractivity contribution in [1.29, 1.82) is 0 Å². The van der Waals surface area contributed by atoms with Crippen LogP contribution in [-0.4, -0.2) is 18.7 Å². The van der Waals surface area contributed by atoms with Gasteiger partial charge in [0, 0.05) is 20.1 Å². The van der Waals surface area contributed by atoms with Crippen LogP contribution in [0.2, 0.25) is 0 Å². The molecule has 3 aromatic rings. The van der Waals surface area contributed by atoms with Crippen LogP contribution in [0.4, 0.5) is 26.3 Å². The van der Waals surface area contributed by atoms with E-state index in [-0.39, 0.29) is 41.7 Å². The van der Waals surface area contributed by atoms with Crippen LogP contribution < -0.4 is 11.2 Å². The minimum Gasteiger partial charge on any atom is -0.322 e. The molecule has 0 aliphatic heterocycles. The molecule has 0 fully saturated rings. The highest BCUT2D eigenvalue weighted by Gasteiger charge is 2.36. The fourth-order valence-electron chi connectivity index (χ4n) is 3.34. The summed E-state index contributed by atoms with van der Waals surface area (Å²) < 4.78 is 82.0. The Hall–Kier alpha value is -3.31. The van der Waals surface area contributed by atoms with Gasteiger partial charge in [0.25, 0.3) is 5.56 Å². The standard InChI is InChI=1S/C20H18F6N4O2/c1-4-29-16-15(17(31)30(5-2)18(29)32)28(3)14(27-16)7-6-11-8-12(19(21,22)23)10-13(9-11)20(24,25)26/h6-10H,4-5H2,1-3H3/b7-6+. The molecule has 0 radical (unpaired) electrons. The number of halogens is 6. The first kappa shape index (κ1) is 23.4. The number of aryl methyl sites for hydroxylation is 2. The van der Waals surface area contributed by atoms with Crippen LogP contribution in [0.1, 0.15) is 36.4 Å². The molecule has 0 saturated heterocycles. The third kappa shape index (κ3) is 4.08. The monoisotopic (exact) mass is 460 g/mol. The van der Waals surface area contributed by atoms with Gasteiger partial charge in [0.15, 0.2) is 11.2 Å². The number of hydrogen-bond acceptors (Lipinski definition) is 3. The average Bonchev–Trinajstić information content (AvgIpc) is 3.02. The normalized spacial score (nSPS) is 12.9. The maximum absolute atomic E-state index is 13.1. The minimum absolute atomic E-state index is 0.0412. The molecule has 2 aromatic heterocycles. The van der Waals surface area contributed by atoms with Gasteiger partial charge in [-0.05, 0) is 43.7 Å². The van der Waals surface area contributed by atoms with E-state index < -0.39 is 34.7 Å². The van der Waals surface area contributed by atoms with Crippen LogP contribution in [0.25, 0.3) is 23.3 Å². The van der Waals surface area contributed by atoms with Crippen molar-refractivity contribution in [2.24, 2.45) is 7.05 Å². The van der Waals surface area contributed by atoms with Gasteiger partial charge in [-0.1, -0.05) is 6.08 Å². The number of fused-ring (bicyclic) bond motifs is 1. The Kier molecular flexibility index (Phi) is 5.83. The molecule has 0 bridgehead atoms. The van der Waals surface area contributed by atoms with Crippen molar-refractivity contribution in [1.82, 2.24) is 18.7 Å². The Morgan fingerprint density at radius 2 is 1.41 bits per heavy atom. The first-order valence-electron chi connectivity index (χ1n) is 9.47. The second-order valence-corrected chi connectivity index (χ2v) is 6.95. The van der Waals surface area contributed by atoms with E-state index in [1.807, 2.05) is 0 Å². The lowest BCUT2D eigenvalue weighted by molar-refractivity contribution is -0.143. The molecule has 172 valence electrons. The number of nitrogens with zero attached hydrogens (tertiary/aromatic N) is 4. The summed E-state index contributed by atoms with van der Waals surface area (Å²) in [5.41, 5.74) is -4.22. The SMILES string of the molecule is CCn1c(=O)c2c(nc(/C=C/c3cc(C(F)(F)F)cc(C(F)(F)F)c3)n2C)n(CC)c1=O. The van der Waals surface area contributed by atoms with Crippen LogP contribution in [0.5, 0.6) is 0 Å². The van der Waals surface area contributed by atoms with Gasteiger partial charge in [-0.3, -0.25) is 13.9 Å². The number of alkyl halides is 6. The van der Waals surface area contributed by atoms with Crippen molar-refractivity contribution in [3.8, 4) is 0 Å². The van der Waals surface area contributed by atoms with Crippen molar-refractivity contribution in [3.05, 3.63) is 61.6 Å². The highest BCUT2D eigenvalue weighted by atomic mass is 19.4. The molecule has 0 amide bonds. The molecule has 3 rings (SSSR count). The van der Waals surface area contributed by atoms with Crippen molar-refractivity contribution in [3.63, 3.8) is 0 Å². The summed E-state index contributed by atoms with van der Waals surface area (Å²) in [6, 6.07) is 1.21. The topological polar surface area (TPSA) is 61.8 Å². The van der Waals surface area contributed by atoms with Crippen LogP contribution in [-0.2, 0) is 32.5 Å². The molecular weight excluding hydrogens is 442 g/mol. The molecule has 12 heteroatoms. The number of aromatic nitrogens is 4. The quantitative estimate of drug-likeness (QED) is 0.550. The van der Waals surface area contributed by atoms with Gasteiger partial charge >= 0.3 is 18.0 Å². The summed E-state index contributed by atoms with van der Waals surface area (Å²) in [6.07, 6.45) is -7.71. The van der Waals surface area contributed by atoms with E-state index in [2.05, 4.69) is 4.98 Å². The maximum Gasteiger partial charge on any atom is 0.416 e. The average molecular weight is 460 g/mol. The molecule has 32 heavy (non-hydrogen) atoms. The zero-order valence-electron chi connectivity index (χ0n) is 17.2. The Bertz CT molecular complexity index is 1290. The lowest BCUT2D eigenvalue weighted by Crippen LogP contribution is -2.39. The zero-order valence-corrected chi connectivity index (χ0v) is 17.2. The Balaban J connectivity index is 2.20. The molecule has 2 heterocycles. The fraction of sp³-hybridized carbons (Fsp3) is 0.350. The maximum atomic E-state index is 13.1. The summed E-state index contributed by atoms with van der Waals surface area (Å²) >= 11 is 0. The molecule has 1 aromatic carbocycles. The zero-order chi connectivity index (χ0) is 24.0. The molecule has 0 N–H and O–H groups in total. The van der Waals surface area contributed by atoms with E-state index in [1.165, 1.54) is 22.3 Å². The van der Waals surface area contributed by atoms with E-state index in [9.17, 15) is 35.9 Å². The predicted molar refractivity (Wildman–Crippen MR) is 106 cm³/mol. The smallest absolute Gasteiger partial charge is 0.322 e. The summed E-state index contributed by atoms with van der Waals surface area (Å²) in [5, 5.41) is 0. The fourth-order valence-corrected chi connectivity index (χ4v) is 3.34. The van der Waals surface area contributed by atoms with E-state index >= 15 is 0 Å². The summed E-state index contributed by atoms with van der Waals surface area (Å²) in [5.74, 6) is 0.0820. The highest BCUT2D eigenvalue weighted by Crippen LogP contribution is 2.36. The lowest BCUT2D eigenvalue weighted by Gasteiger charge is -2.12. The van der Waals surface area contributed by atoms with Gasteiger partial charge in [0.05, 0.1) is 11.1 Å².